The zero-order valence-corrected chi connectivity index (χ0v) is 16.0. The second-order valence-corrected chi connectivity index (χ2v) is 6.79. The molecule has 30 heavy (non-hydrogen) atoms. The van der Waals surface area contributed by atoms with Crippen LogP contribution in [0.5, 0.6) is 0 Å². The number of carbonyl (C=O) groups is 1. The Hall–Kier alpha value is -3.50. The fraction of sp³-hybridized carbons (Fsp3) is 0.316. The molecular formula is C19H18F3N7O. The van der Waals surface area contributed by atoms with Crippen molar-refractivity contribution in [3.05, 3.63) is 59.9 Å². The average molecular weight is 417 g/mol. The van der Waals surface area contributed by atoms with E-state index in [0.29, 0.717) is 37.8 Å². The largest absolute Gasteiger partial charge is 0.433 e. The normalized spacial score (nSPS) is 14.8. The lowest BCUT2D eigenvalue weighted by molar-refractivity contribution is -0.141. The van der Waals surface area contributed by atoms with E-state index in [1.165, 1.54) is 0 Å². The molecule has 0 saturated carbocycles. The molecule has 0 atom stereocenters. The van der Waals surface area contributed by atoms with Crippen LogP contribution in [0.2, 0.25) is 0 Å². The topological polar surface area (TPSA) is 80.0 Å². The van der Waals surface area contributed by atoms with E-state index < -0.39 is 11.9 Å². The molecule has 0 radical (unpaired) electrons. The molecule has 4 rings (SSSR count). The molecule has 11 heteroatoms. The highest BCUT2D eigenvalue weighted by Crippen LogP contribution is 2.27. The van der Waals surface area contributed by atoms with E-state index in [1.807, 2.05) is 11.0 Å². The molecule has 0 aliphatic carbocycles. The van der Waals surface area contributed by atoms with Crippen molar-refractivity contribution in [2.24, 2.45) is 0 Å². The predicted molar refractivity (Wildman–Crippen MR) is 101 cm³/mol. The molecule has 1 amide bonds. The summed E-state index contributed by atoms with van der Waals surface area (Å²) in [6, 6.07) is 5.62. The first-order valence-electron chi connectivity index (χ1n) is 9.24. The van der Waals surface area contributed by atoms with E-state index in [2.05, 4.69) is 20.1 Å². The first kappa shape index (κ1) is 19.8. The molecule has 8 nitrogen and oxygen atoms in total. The quantitative estimate of drug-likeness (QED) is 0.651. The molecule has 1 aliphatic heterocycles. The van der Waals surface area contributed by atoms with E-state index in [1.54, 1.807) is 35.0 Å². The van der Waals surface area contributed by atoms with Crippen molar-refractivity contribution in [1.82, 2.24) is 29.6 Å². The van der Waals surface area contributed by atoms with Gasteiger partial charge in [0.15, 0.2) is 5.82 Å². The number of amides is 1. The lowest BCUT2D eigenvalue weighted by Gasteiger charge is -2.35. The number of hydrogen-bond acceptors (Lipinski definition) is 6. The molecule has 3 aromatic rings. The van der Waals surface area contributed by atoms with Crippen LogP contribution in [0.3, 0.4) is 0 Å². The molecular weight excluding hydrogens is 399 g/mol. The summed E-state index contributed by atoms with van der Waals surface area (Å²) in [5, 5.41) is 4.18. The number of pyridine rings is 1. The van der Waals surface area contributed by atoms with Gasteiger partial charge >= 0.3 is 6.18 Å². The SMILES string of the molecule is Cc1nc(N2CCN(C(=O)c3ccc(C(F)(F)F)nc3)CC2)cc(-n2cccn2)n1. The van der Waals surface area contributed by atoms with Gasteiger partial charge in [-0.15, -0.1) is 0 Å². The first-order valence-corrected chi connectivity index (χ1v) is 9.24. The Kier molecular flexibility index (Phi) is 5.10. The molecule has 0 spiro atoms. The third kappa shape index (κ3) is 4.09. The monoisotopic (exact) mass is 417 g/mol. The van der Waals surface area contributed by atoms with Crippen molar-refractivity contribution in [2.45, 2.75) is 13.1 Å². The number of hydrogen-bond donors (Lipinski definition) is 0. The summed E-state index contributed by atoms with van der Waals surface area (Å²) < 4.78 is 39.6. The minimum absolute atomic E-state index is 0.135. The second kappa shape index (κ2) is 7.73. The van der Waals surface area contributed by atoms with Crippen LogP contribution in [-0.4, -0.2) is 61.7 Å². The predicted octanol–water partition coefficient (Wildman–Crippen LogP) is 2.35. The summed E-state index contributed by atoms with van der Waals surface area (Å²) in [5.74, 6) is 1.65. The maximum Gasteiger partial charge on any atom is 0.433 e. The van der Waals surface area contributed by atoms with Crippen LogP contribution < -0.4 is 4.90 Å². The Labute approximate surface area is 170 Å². The van der Waals surface area contributed by atoms with Crippen LogP contribution in [0, 0.1) is 6.92 Å². The van der Waals surface area contributed by atoms with Crippen molar-refractivity contribution in [1.29, 1.82) is 0 Å². The number of rotatable bonds is 3. The van der Waals surface area contributed by atoms with Crippen molar-refractivity contribution in [2.75, 3.05) is 31.1 Å². The third-order valence-electron chi connectivity index (χ3n) is 4.74. The van der Waals surface area contributed by atoms with Gasteiger partial charge in [0.05, 0.1) is 5.56 Å². The van der Waals surface area contributed by atoms with Crippen LogP contribution in [0.15, 0.2) is 42.9 Å². The Bertz CT molecular complexity index is 1030. The lowest BCUT2D eigenvalue weighted by atomic mass is 10.2. The summed E-state index contributed by atoms with van der Waals surface area (Å²) >= 11 is 0. The fourth-order valence-electron chi connectivity index (χ4n) is 3.23. The van der Waals surface area contributed by atoms with Gasteiger partial charge < -0.3 is 9.80 Å². The summed E-state index contributed by atoms with van der Waals surface area (Å²) in [4.78, 5) is 28.5. The van der Waals surface area contributed by atoms with Crippen molar-refractivity contribution < 1.29 is 18.0 Å². The summed E-state index contributed by atoms with van der Waals surface area (Å²) in [5.41, 5.74) is -0.883. The van der Waals surface area contributed by atoms with Gasteiger partial charge in [-0.3, -0.25) is 9.78 Å². The second-order valence-electron chi connectivity index (χ2n) is 6.79. The number of alkyl halides is 3. The van der Waals surface area contributed by atoms with Crippen LogP contribution in [0.25, 0.3) is 5.82 Å². The van der Waals surface area contributed by atoms with E-state index in [-0.39, 0.29) is 11.5 Å². The van der Waals surface area contributed by atoms with Gasteiger partial charge in [0.1, 0.15) is 17.3 Å². The van der Waals surface area contributed by atoms with Gasteiger partial charge in [-0.25, -0.2) is 14.6 Å². The molecule has 4 heterocycles. The molecule has 1 aliphatic rings. The van der Waals surface area contributed by atoms with Gasteiger partial charge in [0.25, 0.3) is 5.91 Å². The number of anilines is 1. The Morgan fingerprint density at radius 3 is 2.40 bits per heavy atom. The Morgan fingerprint density at radius 1 is 1.07 bits per heavy atom. The third-order valence-corrected chi connectivity index (χ3v) is 4.74. The van der Waals surface area contributed by atoms with Crippen LogP contribution in [-0.2, 0) is 6.18 Å². The number of nitrogens with zero attached hydrogens (tertiary/aromatic N) is 7. The molecule has 0 bridgehead atoms. The van der Waals surface area contributed by atoms with E-state index in [0.717, 1.165) is 24.1 Å². The number of aryl methyl sites for hydroxylation is 1. The number of piperazine rings is 1. The van der Waals surface area contributed by atoms with Gasteiger partial charge in [-0.2, -0.15) is 18.3 Å². The molecule has 0 unspecified atom stereocenters. The molecule has 1 fully saturated rings. The summed E-state index contributed by atoms with van der Waals surface area (Å²) in [6.07, 6.45) is -0.0998. The number of carbonyl (C=O) groups excluding carboxylic acids is 1. The van der Waals surface area contributed by atoms with E-state index in [4.69, 9.17) is 0 Å². The minimum Gasteiger partial charge on any atom is -0.353 e. The van der Waals surface area contributed by atoms with Crippen LogP contribution in [0.4, 0.5) is 19.0 Å². The molecule has 0 N–H and O–H groups in total. The number of halogens is 3. The van der Waals surface area contributed by atoms with Crippen molar-refractivity contribution in [3.8, 4) is 5.82 Å². The maximum atomic E-state index is 12.6. The maximum absolute atomic E-state index is 12.6. The van der Waals surface area contributed by atoms with Crippen molar-refractivity contribution >= 4 is 11.7 Å². The van der Waals surface area contributed by atoms with Gasteiger partial charge in [-0.1, -0.05) is 0 Å². The fourth-order valence-corrected chi connectivity index (χ4v) is 3.23. The smallest absolute Gasteiger partial charge is 0.353 e. The molecule has 0 aromatic carbocycles. The van der Waals surface area contributed by atoms with Gasteiger partial charge in [-0.05, 0) is 25.1 Å². The van der Waals surface area contributed by atoms with Crippen molar-refractivity contribution in [3.63, 3.8) is 0 Å². The standard InChI is InChI=1S/C19H18F3N7O/c1-13-25-16(11-17(26-13)29-6-2-5-24-29)27-7-9-28(10-8-27)18(30)14-3-4-15(23-12-14)19(20,21)22/h2-6,11-12H,7-10H2,1H3. The van der Waals surface area contributed by atoms with Crippen LogP contribution >= 0.6 is 0 Å². The van der Waals surface area contributed by atoms with Crippen LogP contribution in [0.1, 0.15) is 21.9 Å². The molecule has 156 valence electrons. The summed E-state index contributed by atoms with van der Waals surface area (Å²) in [7, 11) is 0. The molecule has 1 saturated heterocycles. The van der Waals surface area contributed by atoms with Gasteiger partial charge in [0.2, 0.25) is 0 Å². The lowest BCUT2D eigenvalue weighted by Crippen LogP contribution is -2.49. The average Bonchev–Trinajstić information content (AvgIpc) is 3.27. The first-order chi connectivity index (χ1) is 14.3. The van der Waals surface area contributed by atoms with E-state index >= 15 is 0 Å². The molecule has 3 aromatic heterocycles. The number of aromatic nitrogens is 5. The zero-order valence-electron chi connectivity index (χ0n) is 16.0. The Balaban J connectivity index is 1.43. The summed E-state index contributed by atoms with van der Waals surface area (Å²) in [6.45, 7) is 3.71. The van der Waals surface area contributed by atoms with E-state index in [9.17, 15) is 18.0 Å². The minimum atomic E-state index is -4.53. The Morgan fingerprint density at radius 2 is 1.80 bits per heavy atom. The zero-order chi connectivity index (χ0) is 21.3. The highest BCUT2D eigenvalue weighted by Gasteiger charge is 2.32. The highest BCUT2D eigenvalue weighted by molar-refractivity contribution is 5.94. The van der Waals surface area contributed by atoms with Gasteiger partial charge in [0, 0.05) is 50.8 Å². The highest BCUT2D eigenvalue weighted by atomic mass is 19.4.